The van der Waals surface area contributed by atoms with Crippen LogP contribution in [-0.4, -0.2) is 207 Å². The normalized spacial score (nSPS) is 16.0. The summed E-state index contributed by atoms with van der Waals surface area (Å²) in [5, 5.41) is 46.9. The minimum atomic E-state index is -1.94. The Balaban J connectivity index is 1.10. The van der Waals surface area contributed by atoms with E-state index < -0.39 is 174 Å². The number of aromatic nitrogens is 1. The van der Waals surface area contributed by atoms with Gasteiger partial charge in [-0.25, -0.2) is 14.4 Å². The third-order valence-electron chi connectivity index (χ3n) is 20.0. The third-order valence-corrected chi connectivity index (χ3v) is 20.3. The number of nitrogens with one attached hydrogen (secondary N) is 13. The Morgan fingerprint density at radius 1 is 0.542 bits per heavy atom. The van der Waals surface area contributed by atoms with Gasteiger partial charge in [0.05, 0.1) is 13.0 Å². The number of anilines is 2. The molecule has 2 aliphatic rings. The van der Waals surface area contributed by atoms with E-state index >= 15 is 28.8 Å². The fourth-order valence-corrected chi connectivity index (χ4v) is 13.9. The van der Waals surface area contributed by atoms with Crippen molar-refractivity contribution in [3.8, 4) is 0 Å². The zero-order chi connectivity index (χ0) is 87.4. The van der Waals surface area contributed by atoms with Crippen LogP contribution in [0, 0.1) is 5.92 Å². The molecule has 0 spiro atoms. The lowest BCUT2D eigenvalue weighted by molar-refractivity contribution is -0.142. The van der Waals surface area contributed by atoms with Crippen molar-refractivity contribution < 1.29 is 81.8 Å². The maximum Gasteiger partial charge on any atom is 0.322 e. The quantitative estimate of drug-likeness (QED) is 0.0241. The summed E-state index contributed by atoms with van der Waals surface area (Å²) in [6, 6.07) is 15.5. The molecule has 8 rings (SSSR count). The maximum absolute atomic E-state index is 15.5. The Kier molecular flexibility index (Phi) is 34.2. The van der Waals surface area contributed by atoms with Gasteiger partial charge in [0.15, 0.2) is 0 Å². The van der Waals surface area contributed by atoms with Gasteiger partial charge in [0.25, 0.3) is 0 Å². The molecule has 0 unspecified atom stereocenters. The molecule has 2 saturated heterocycles. The highest BCUT2D eigenvalue weighted by Gasteiger charge is 2.41. The van der Waals surface area contributed by atoms with Crippen molar-refractivity contribution in [2.45, 2.75) is 191 Å². The van der Waals surface area contributed by atoms with Crippen molar-refractivity contribution in [2.24, 2.45) is 23.1 Å². The number of halogens is 1. The van der Waals surface area contributed by atoms with E-state index in [0.29, 0.717) is 40.1 Å². The lowest BCUT2D eigenvalue weighted by Gasteiger charge is -2.31. The van der Waals surface area contributed by atoms with E-state index in [9.17, 15) is 53.1 Å². The van der Waals surface area contributed by atoms with Crippen LogP contribution in [0.1, 0.15) is 114 Å². The summed E-state index contributed by atoms with van der Waals surface area (Å²) in [5.74, 6) is -11.4. The number of fused-ring (bicyclic) bond motifs is 1. The molecule has 0 aliphatic carbocycles. The molecule has 36 nitrogen and oxygen atoms in total. The number of primary amides is 3. The van der Waals surface area contributed by atoms with Crippen molar-refractivity contribution in [3.05, 3.63) is 173 Å². The van der Waals surface area contributed by atoms with Crippen LogP contribution in [0.5, 0.6) is 0 Å². The number of pyridine rings is 1. The number of aliphatic hydroxyl groups excluding tert-OH is 1. The van der Waals surface area contributed by atoms with Crippen molar-refractivity contribution in [2.75, 3.05) is 30.3 Å². The monoisotopic (exact) mass is 1670 g/mol. The molecule has 19 amide bonds. The van der Waals surface area contributed by atoms with Crippen molar-refractivity contribution >= 4 is 129 Å². The first-order chi connectivity index (χ1) is 57.1. The minimum Gasteiger partial charge on any atom is -0.394 e. The second kappa shape index (κ2) is 44.4. The summed E-state index contributed by atoms with van der Waals surface area (Å²) in [6.45, 7) is 8.77. The Hall–Kier alpha value is -13.1. The Bertz CT molecular complexity index is 4680. The number of urea groups is 3. The van der Waals surface area contributed by atoms with Crippen molar-refractivity contribution in [3.63, 3.8) is 0 Å². The van der Waals surface area contributed by atoms with Gasteiger partial charge in [-0.1, -0.05) is 110 Å². The molecule has 5 aromatic carbocycles. The van der Waals surface area contributed by atoms with E-state index in [1.807, 2.05) is 41.7 Å². The van der Waals surface area contributed by atoms with Crippen LogP contribution in [0.15, 0.2) is 140 Å². The summed E-state index contributed by atoms with van der Waals surface area (Å²) >= 11 is 6.27. The fraction of sp³-hybridized carbons (Fsp3) is 0.410. The van der Waals surface area contributed by atoms with Gasteiger partial charge in [-0.15, -0.1) is 0 Å². The second-order valence-corrected chi connectivity index (χ2v) is 30.7. The molecule has 0 saturated carbocycles. The number of amides is 19. The first-order valence-corrected chi connectivity index (χ1v) is 39.7. The summed E-state index contributed by atoms with van der Waals surface area (Å²) in [6.07, 6.45) is 2.14. The number of carbonyl (C=O) groups is 16. The number of likely N-dealkylation sites (tertiary alicyclic amines) is 1. The third kappa shape index (κ3) is 28.3. The first-order valence-electron chi connectivity index (χ1n) is 39.3. The predicted molar refractivity (Wildman–Crippen MR) is 442 cm³/mol. The van der Waals surface area contributed by atoms with Gasteiger partial charge in [0, 0.05) is 87.0 Å². The number of benzene rings is 5. The molecule has 1 aromatic heterocycles. The van der Waals surface area contributed by atoms with E-state index in [1.54, 1.807) is 70.2 Å². The number of unbranched alkanes of at least 4 members (excludes halogenated alkanes) is 1. The Morgan fingerprint density at radius 2 is 1.02 bits per heavy atom. The molecular weight excluding hydrogens is 1570 g/mol. The predicted octanol–water partition coefficient (Wildman–Crippen LogP) is 1.31. The van der Waals surface area contributed by atoms with Crippen LogP contribution < -0.4 is 86.3 Å². The second-order valence-electron chi connectivity index (χ2n) is 30.3. The molecule has 6 aromatic rings. The molecular formula is C83H104ClN19O17. The number of nitrogens with zero attached hydrogens (tertiary/aromatic N) is 3. The van der Waals surface area contributed by atoms with Crippen molar-refractivity contribution in [1.29, 1.82) is 0 Å². The highest BCUT2D eigenvalue weighted by Crippen LogP contribution is 2.24. The molecule has 0 radical (unpaired) electrons. The molecule has 120 heavy (non-hydrogen) atoms. The standard InChI is InChI=1S/C83H104ClN19O17/c1-45(2)35-60(72(109)93-59(16-9-10-33-102(46(3)4)82(87)119)80(117)103-34-12-17-68(103)79(116)89-47(5)70(85)107)94-74(111)63(38-51-23-30-58(31-24-51)92-81(86)118)96-76(113)64(39-50-21-28-57(29-22-50)91-71(108)66-42-69(106)101-83(120)100-66)98-78(115)67(44-104)99-77(114)65(41-53-13-11-32-88-43-53)97-75(112)62(37-49-19-26-56(84)27-20-49)95-73(110)61(90-48(6)105)40-52-18-25-54-14-7-8-15-55(54)36-52/h7-8,11,13-15,18-32,36,43,45-47,59-68,104H,9-10,12,16-17,33-35,37-42,44H2,1-6H3,(H2,85,107)(H2,87,119)(H,89,116)(H,90,105)(H,91,108)(H,93,109)(H,94,111)(H,95,110)(H,96,113)(H,97,112)(H,98,115)(H,99,114)(H3,86,92,118)(H2,100,101,106,120)/t47-,59+,60+,61-,62-,63-,64+,65-,66+,67+,68+/m1/s1. The van der Waals surface area contributed by atoms with Crippen LogP contribution in [0.3, 0.4) is 0 Å². The molecule has 20 N–H and O–H groups in total. The van der Waals surface area contributed by atoms with Gasteiger partial charge in [0.2, 0.25) is 76.8 Å². The fourth-order valence-electron chi connectivity index (χ4n) is 13.8. The SMILES string of the molecule is CC(=O)N[C@H](Cc1ccc2ccccc2c1)C(=O)N[C@H](Cc1ccc(Cl)cc1)C(=O)N[C@H](Cc1cccnc1)C(=O)N[C@@H](CO)C(=O)N[C@@H](Cc1ccc(NC(=O)[C@@H]2CC(=O)NC(=O)N2)cc1)C(=O)N[C@H](Cc1ccc(NC(N)=O)cc1)C(=O)N[C@@H](CC(C)C)C(=O)N[C@@H](CCCCN(C(N)=O)C(C)C)C(=O)N1CCC[C@H]1C(=O)N[C@H](C)C(N)=O. The van der Waals surface area contributed by atoms with Crippen LogP contribution in [0.2, 0.25) is 5.02 Å². The van der Waals surface area contributed by atoms with Gasteiger partial charge < -0.3 is 95.9 Å². The number of aliphatic hydroxyl groups is 1. The van der Waals surface area contributed by atoms with Crippen molar-refractivity contribution in [1.82, 2.24) is 73.3 Å². The van der Waals surface area contributed by atoms with E-state index in [0.717, 1.165) is 10.8 Å². The average Bonchev–Trinajstić information content (AvgIpc) is 1.65. The van der Waals surface area contributed by atoms with E-state index in [2.05, 4.69) is 68.8 Å². The molecule has 3 heterocycles. The molecule has 37 heteroatoms. The van der Waals surface area contributed by atoms with E-state index in [-0.39, 0.29) is 99.8 Å². The molecule has 2 aliphatic heterocycles. The minimum absolute atomic E-state index is 0.00435. The zero-order valence-corrected chi connectivity index (χ0v) is 68.1. The zero-order valence-electron chi connectivity index (χ0n) is 67.3. The highest BCUT2D eigenvalue weighted by molar-refractivity contribution is 6.30. The van der Waals surface area contributed by atoms with Gasteiger partial charge in [-0.3, -0.25) is 72.6 Å². The van der Waals surface area contributed by atoms with Gasteiger partial charge in [0.1, 0.15) is 66.5 Å². The number of hydrogen-bond acceptors (Lipinski definition) is 18. The molecule has 11 atom stereocenters. The number of rotatable bonds is 41. The number of carbonyl (C=O) groups excluding carboxylic acids is 16. The number of nitrogens with two attached hydrogens (primary N) is 3. The van der Waals surface area contributed by atoms with Crippen LogP contribution in [0.4, 0.5) is 25.8 Å². The number of hydrogen-bond donors (Lipinski definition) is 17. The lowest BCUT2D eigenvalue weighted by atomic mass is 9.99. The van der Waals surface area contributed by atoms with Crippen LogP contribution in [-0.2, 0) is 94.4 Å². The lowest BCUT2D eigenvalue weighted by Crippen LogP contribution is -2.62. The molecule has 0 bridgehead atoms. The summed E-state index contributed by atoms with van der Waals surface area (Å²) in [5.41, 5.74) is 19.1. The van der Waals surface area contributed by atoms with Gasteiger partial charge >= 0.3 is 18.1 Å². The van der Waals surface area contributed by atoms with Gasteiger partial charge in [-0.05, 0) is 146 Å². The Morgan fingerprint density at radius 3 is 1.52 bits per heavy atom. The van der Waals surface area contributed by atoms with Gasteiger partial charge in [-0.2, -0.15) is 0 Å². The maximum atomic E-state index is 15.5. The highest BCUT2D eigenvalue weighted by atomic mass is 35.5. The smallest absolute Gasteiger partial charge is 0.322 e. The number of imide groups is 1. The van der Waals surface area contributed by atoms with E-state index in [1.165, 1.54) is 84.6 Å². The summed E-state index contributed by atoms with van der Waals surface area (Å²) < 4.78 is 0. The largest absolute Gasteiger partial charge is 0.394 e. The van der Waals surface area contributed by atoms with E-state index in [4.69, 9.17) is 28.8 Å². The topological polar surface area (TPSA) is 547 Å². The van der Waals surface area contributed by atoms with Crippen LogP contribution >= 0.6 is 11.6 Å². The first kappa shape index (κ1) is 92.4. The summed E-state index contributed by atoms with van der Waals surface area (Å²) in [4.78, 5) is 228. The average molecular weight is 1680 g/mol. The summed E-state index contributed by atoms with van der Waals surface area (Å²) in [7, 11) is 0. The van der Waals surface area contributed by atoms with Crippen LogP contribution in [0.25, 0.3) is 10.8 Å². The Labute approximate surface area is 697 Å². The molecule has 640 valence electrons. The molecule has 2 fully saturated rings.